The van der Waals surface area contributed by atoms with Crippen LogP contribution in [0.1, 0.15) is 19.3 Å². The number of piperazine rings is 1. The molecule has 2 aliphatic heterocycles. The summed E-state index contributed by atoms with van der Waals surface area (Å²) in [5, 5.41) is 3.00. The number of para-hydroxylation sites is 1. The number of nitrogens with one attached hydrogen (secondary N) is 1. The summed E-state index contributed by atoms with van der Waals surface area (Å²) in [4.78, 5) is 19.0. The molecule has 2 fully saturated rings. The molecule has 2 heterocycles. The molecule has 2 aromatic carbocycles. The summed E-state index contributed by atoms with van der Waals surface area (Å²) in [6, 6.07) is 15.1. The number of carbonyl (C=O) groups excluding carboxylic acids is 1. The molecule has 0 aromatic heterocycles. The van der Waals surface area contributed by atoms with E-state index in [0.717, 1.165) is 51.5 Å². The van der Waals surface area contributed by atoms with Crippen molar-refractivity contribution in [2.45, 2.75) is 19.3 Å². The van der Waals surface area contributed by atoms with E-state index in [-0.39, 0.29) is 11.7 Å². The Bertz CT molecular complexity index is 812. The van der Waals surface area contributed by atoms with Gasteiger partial charge in [-0.1, -0.05) is 12.1 Å². The molecular formula is C23H29FN4O. The monoisotopic (exact) mass is 396 g/mol. The van der Waals surface area contributed by atoms with Crippen LogP contribution in [0.15, 0.2) is 48.5 Å². The first kappa shape index (κ1) is 19.7. The standard InChI is InChI=1S/C23H29FN4O/c24-21-5-1-2-6-22(21)28-17-15-26(16-18-28)14-11-23(29)25-19-7-9-20(10-8-19)27-12-3-4-13-27/h1-2,5-10H,3-4,11-18H2,(H,25,29). The predicted octanol–water partition coefficient (Wildman–Crippen LogP) is 3.58. The van der Waals surface area contributed by atoms with Gasteiger partial charge in [-0.25, -0.2) is 4.39 Å². The Balaban J connectivity index is 1.20. The zero-order valence-corrected chi connectivity index (χ0v) is 16.8. The van der Waals surface area contributed by atoms with Crippen LogP contribution in [-0.4, -0.2) is 56.6 Å². The molecule has 0 atom stereocenters. The molecule has 0 bridgehead atoms. The molecule has 29 heavy (non-hydrogen) atoms. The summed E-state index contributed by atoms with van der Waals surface area (Å²) < 4.78 is 13.9. The lowest BCUT2D eigenvalue weighted by Gasteiger charge is -2.36. The molecule has 2 saturated heterocycles. The highest BCUT2D eigenvalue weighted by molar-refractivity contribution is 5.91. The number of amides is 1. The van der Waals surface area contributed by atoms with E-state index < -0.39 is 0 Å². The first-order valence-electron chi connectivity index (χ1n) is 10.6. The van der Waals surface area contributed by atoms with Gasteiger partial charge in [0, 0.05) is 63.6 Å². The Morgan fingerprint density at radius 1 is 0.862 bits per heavy atom. The first-order valence-corrected chi connectivity index (χ1v) is 10.6. The van der Waals surface area contributed by atoms with Crippen molar-refractivity contribution >= 4 is 23.0 Å². The predicted molar refractivity (Wildman–Crippen MR) is 116 cm³/mol. The Morgan fingerprint density at radius 2 is 1.55 bits per heavy atom. The Labute approximate surface area is 172 Å². The van der Waals surface area contributed by atoms with E-state index in [9.17, 15) is 9.18 Å². The summed E-state index contributed by atoms with van der Waals surface area (Å²) in [6.45, 7) is 6.20. The molecule has 1 N–H and O–H groups in total. The molecule has 154 valence electrons. The zero-order chi connectivity index (χ0) is 20.1. The van der Waals surface area contributed by atoms with Crippen LogP contribution in [0.3, 0.4) is 0 Å². The van der Waals surface area contributed by atoms with Gasteiger partial charge in [-0.3, -0.25) is 9.69 Å². The fourth-order valence-electron chi connectivity index (χ4n) is 4.13. The number of benzene rings is 2. The number of anilines is 3. The quantitative estimate of drug-likeness (QED) is 0.810. The van der Waals surface area contributed by atoms with Gasteiger partial charge in [0.05, 0.1) is 5.69 Å². The van der Waals surface area contributed by atoms with Crippen LogP contribution in [0, 0.1) is 5.82 Å². The highest BCUT2D eigenvalue weighted by atomic mass is 19.1. The summed E-state index contributed by atoms with van der Waals surface area (Å²) in [7, 11) is 0. The second kappa shape index (κ2) is 9.27. The van der Waals surface area contributed by atoms with Crippen molar-refractivity contribution in [1.29, 1.82) is 0 Å². The van der Waals surface area contributed by atoms with E-state index in [1.54, 1.807) is 6.07 Å². The van der Waals surface area contributed by atoms with Crippen LogP contribution in [0.4, 0.5) is 21.5 Å². The van der Waals surface area contributed by atoms with Gasteiger partial charge in [-0.15, -0.1) is 0 Å². The van der Waals surface area contributed by atoms with Crippen molar-refractivity contribution in [3.8, 4) is 0 Å². The molecule has 2 aromatic rings. The smallest absolute Gasteiger partial charge is 0.225 e. The molecule has 0 spiro atoms. The SMILES string of the molecule is O=C(CCN1CCN(c2ccccc2F)CC1)Nc1ccc(N2CCCC2)cc1. The van der Waals surface area contributed by atoms with Crippen molar-refractivity contribution in [3.05, 3.63) is 54.3 Å². The summed E-state index contributed by atoms with van der Waals surface area (Å²) in [5.41, 5.74) is 2.75. The Morgan fingerprint density at radius 3 is 2.24 bits per heavy atom. The Kier molecular flexibility index (Phi) is 6.30. The van der Waals surface area contributed by atoms with E-state index in [4.69, 9.17) is 0 Å². The average Bonchev–Trinajstić information content (AvgIpc) is 3.29. The van der Waals surface area contributed by atoms with Gasteiger partial charge in [0.25, 0.3) is 0 Å². The number of carbonyl (C=O) groups is 1. The minimum atomic E-state index is -0.170. The number of rotatable bonds is 6. The van der Waals surface area contributed by atoms with Gasteiger partial charge in [0.2, 0.25) is 5.91 Å². The van der Waals surface area contributed by atoms with Crippen LogP contribution in [0.5, 0.6) is 0 Å². The van der Waals surface area contributed by atoms with Crippen LogP contribution in [-0.2, 0) is 4.79 Å². The van der Waals surface area contributed by atoms with Crippen LogP contribution in [0.2, 0.25) is 0 Å². The normalized spacial score (nSPS) is 17.6. The molecule has 4 rings (SSSR count). The maximum Gasteiger partial charge on any atom is 0.225 e. The first-order chi connectivity index (χ1) is 14.2. The van der Waals surface area contributed by atoms with Gasteiger partial charge in [0.15, 0.2) is 0 Å². The lowest BCUT2D eigenvalue weighted by atomic mass is 10.2. The maximum atomic E-state index is 13.9. The van der Waals surface area contributed by atoms with Crippen molar-refractivity contribution in [1.82, 2.24) is 4.90 Å². The third kappa shape index (κ3) is 5.07. The topological polar surface area (TPSA) is 38.8 Å². The van der Waals surface area contributed by atoms with E-state index in [1.807, 2.05) is 24.3 Å². The largest absolute Gasteiger partial charge is 0.372 e. The lowest BCUT2D eigenvalue weighted by molar-refractivity contribution is -0.116. The lowest BCUT2D eigenvalue weighted by Crippen LogP contribution is -2.47. The van der Waals surface area contributed by atoms with Gasteiger partial charge in [-0.2, -0.15) is 0 Å². The molecule has 6 heteroatoms. The number of hydrogen-bond donors (Lipinski definition) is 1. The van der Waals surface area contributed by atoms with Gasteiger partial charge in [-0.05, 0) is 49.2 Å². The minimum Gasteiger partial charge on any atom is -0.372 e. The minimum absolute atomic E-state index is 0.0375. The van der Waals surface area contributed by atoms with E-state index in [1.165, 1.54) is 24.6 Å². The molecule has 2 aliphatic rings. The molecule has 5 nitrogen and oxygen atoms in total. The molecule has 0 aliphatic carbocycles. The van der Waals surface area contributed by atoms with E-state index in [0.29, 0.717) is 12.1 Å². The van der Waals surface area contributed by atoms with Crippen molar-refractivity contribution in [2.24, 2.45) is 0 Å². The van der Waals surface area contributed by atoms with Gasteiger partial charge < -0.3 is 15.1 Å². The molecular weight excluding hydrogens is 367 g/mol. The molecule has 0 radical (unpaired) electrons. The fraction of sp³-hybridized carbons (Fsp3) is 0.435. The fourth-order valence-corrected chi connectivity index (χ4v) is 4.13. The highest BCUT2D eigenvalue weighted by Crippen LogP contribution is 2.22. The summed E-state index contributed by atoms with van der Waals surface area (Å²) in [6.07, 6.45) is 2.98. The van der Waals surface area contributed by atoms with E-state index >= 15 is 0 Å². The van der Waals surface area contributed by atoms with Crippen LogP contribution >= 0.6 is 0 Å². The molecule has 1 amide bonds. The summed E-state index contributed by atoms with van der Waals surface area (Å²) in [5.74, 6) is -0.133. The maximum absolute atomic E-state index is 13.9. The van der Waals surface area contributed by atoms with Crippen molar-refractivity contribution in [2.75, 3.05) is 60.9 Å². The third-order valence-corrected chi connectivity index (χ3v) is 5.84. The van der Waals surface area contributed by atoms with Crippen molar-refractivity contribution < 1.29 is 9.18 Å². The third-order valence-electron chi connectivity index (χ3n) is 5.84. The second-order valence-corrected chi connectivity index (χ2v) is 7.82. The van der Waals surface area contributed by atoms with Crippen LogP contribution in [0.25, 0.3) is 0 Å². The van der Waals surface area contributed by atoms with Crippen molar-refractivity contribution in [3.63, 3.8) is 0 Å². The van der Waals surface area contributed by atoms with Gasteiger partial charge >= 0.3 is 0 Å². The number of nitrogens with zero attached hydrogens (tertiary/aromatic N) is 3. The van der Waals surface area contributed by atoms with Gasteiger partial charge in [0.1, 0.15) is 5.82 Å². The highest BCUT2D eigenvalue weighted by Gasteiger charge is 2.19. The second-order valence-electron chi connectivity index (χ2n) is 7.82. The van der Waals surface area contributed by atoms with Crippen LogP contribution < -0.4 is 15.1 Å². The summed E-state index contributed by atoms with van der Waals surface area (Å²) >= 11 is 0. The number of halogens is 1. The Hall–Kier alpha value is -2.60. The molecule has 0 saturated carbocycles. The zero-order valence-electron chi connectivity index (χ0n) is 16.8. The van der Waals surface area contributed by atoms with E-state index in [2.05, 4.69) is 32.1 Å². The average molecular weight is 397 g/mol. The number of hydrogen-bond acceptors (Lipinski definition) is 4. The molecule has 0 unspecified atom stereocenters.